The number of carbonyl (C=O) groups is 2. The van der Waals surface area contributed by atoms with Crippen molar-refractivity contribution in [2.24, 2.45) is 0 Å². The zero-order valence-corrected chi connectivity index (χ0v) is 20.1. The molecule has 1 fully saturated rings. The first-order chi connectivity index (χ1) is 17.5. The summed E-state index contributed by atoms with van der Waals surface area (Å²) in [6.07, 6.45) is 3.06. The van der Waals surface area contributed by atoms with Crippen LogP contribution in [0.4, 0.5) is 11.4 Å². The lowest BCUT2D eigenvalue weighted by Gasteiger charge is -2.31. The van der Waals surface area contributed by atoms with Crippen molar-refractivity contribution in [3.8, 4) is 5.69 Å². The number of esters is 1. The number of aliphatic hydroxyl groups is 1. The number of benzene rings is 3. The number of nitrogens with zero attached hydrogens (tertiary/aromatic N) is 3. The van der Waals surface area contributed by atoms with Crippen molar-refractivity contribution in [1.29, 1.82) is 0 Å². The largest absolute Gasteiger partial charge is 0.462 e. The summed E-state index contributed by atoms with van der Waals surface area (Å²) in [5.41, 5.74) is 4.51. The lowest BCUT2D eigenvalue weighted by molar-refractivity contribution is 0.0526. The summed E-state index contributed by atoms with van der Waals surface area (Å²) >= 11 is 0. The van der Waals surface area contributed by atoms with Crippen LogP contribution in [0.3, 0.4) is 0 Å². The lowest BCUT2D eigenvalue weighted by Crippen LogP contribution is -2.35. The van der Waals surface area contributed by atoms with Crippen LogP contribution in [0.15, 0.2) is 72.9 Å². The third kappa shape index (κ3) is 4.94. The van der Waals surface area contributed by atoms with E-state index in [4.69, 9.17) is 4.74 Å². The Bertz CT molecular complexity index is 1370. The minimum Gasteiger partial charge on any atom is -0.462 e. The van der Waals surface area contributed by atoms with E-state index in [9.17, 15) is 14.7 Å². The second kappa shape index (κ2) is 10.2. The zero-order valence-electron chi connectivity index (χ0n) is 20.1. The van der Waals surface area contributed by atoms with Crippen LogP contribution in [0.5, 0.6) is 0 Å². The van der Waals surface area contributed by atoms with Crippen molar-refractivity contribution in [2.45, 2.75) is 25.9 Å². The molecule has 0 aliphatic carbocycles. The van der Waals surface area contributed by atoms with Crippen LogP contribution in [0.2, 0.25) is 0 Å². The number of fused-ring (bicyclic) bond motifs is 1. The standard InChI is InChI=1S/C28H28N4O4/c1-2-36-28(35)20-5-10-24(11-6-20)32-26-12-7-22(17-21(26)18-29-32)30-27(34)19-3-8-23(9-4-19)31-15-13-25(33)14-16-31/h3-12,17-18,25,33H,2,13-16H2,1H3,(H,30,34). The molecule has 0 unspecified atom stereocenters. The van der Waals surface area contributed by atoms with Crippen LogP contribution in [-0.4, -0.2) is 52.6 Å². The Morgan fingerprint density at radius 1 is 0.972 bits per heavy atom. The Morgan fingerprint density at radius 2 is 1.64 bits per heavy atom. The van der Waals surface area contributed by atoms with Crippen molar-refractivity contribution in [2.75, 3.05) is 29.9 Å². The van der Waals surface area contributed by atoms with Crippen LogP contribution < -0.4 is 10.2 Å². The smallest absolute Gasteiger partial charge is 0.338 e. The highest BCUT2D eigenvalue weighted by atomic mass is 16.5. The summed E-state index contributed by atoms with van der Waals surface area (Å²) in [6, 6.07) is 20.3. The molecule has 184 valence electrons. The van der Waals surface area contributed by atoms with E-state index in [0.29, 0.717) is 23.4 Å². The van der Waals surface area contributed by atoms with Crippen molar-refractivity contribution < 1.29 is 19.4 Å². The molecule has 2 N–H and O–H groups in total. The first-order valence-electron chi connectivity index (χ1n) is 12.1. The normalized spacial score (nSPS) is 14.1. The van der Waals surface area contributed by atoms with E-state index >= 15 is 0 Å². The van der Waals surface area contributed by atoms with Crippen LogP contribution in [0, 0.1) is 0 Å². The number of carbonyl (C=O) groups excluding carboxylic acids is 2. The first-order valence-corrected chi connectivity index (χ1v) is 12.1. The zero-order chi connectivity index (χ0) is 25.1. The predicted octanol–water partition coefficient (Wildman–Crippen LogP) is 4.42. The average molecular weight is 485 g/mol. The fraction of sp³-hybridized carbons (Fsp3) is 0.250. The quantitative estimate of drug-likeness (QED) is 0.394. The molecule has 1 aliphatic heterocycles. The van der Waals surface area contributed by atoms with E-state index < -0.39 is 0 Å². The van der Waals surface area contributed by atoms with E-state index in [1.165, 1.54) is 0 Å². The molecule has 1 aromatic heterocycles. The van der Waals surface area contributed by atoms with Crippen LogP contribution in [0.25, 0.3) is 16.6 Å². The summed E-state index contributed by atoms with van der Waals surface area (Å²) in [5, 5.41) is 18.0. The minimum atomic E-state index is -0.351. The third-order valence-corrected chi connectivity index (χ3v) is 6.41. The maximum absolute atomic E-state index is 12.8. The minimum absolute atomic E-state index is 0.183. The number of aromatic nitrogens is 2. The summed E-state index contributed by atoms with van der Waals surface area (Å²) < 4.78 is 6.82. The number of hydrogen-bond acceptors (Lipinski definition) is 6. The molecule has 0 saturated carbocycles. The number of aliphatic hydroxyl groups excluding tert-OH is 1. The Balaban J connectivity index is 1.27. The summed E-state index contributed by atoms with van der Waals surface area (Å²) in [4.78, 5) is 26.9. The van der Waals surface area contributed by atoms with Gasteiger partial charge in [0.1, 0.15) is 0 Å². The number of ether oxygens (including phenoxy) is 1. The van der Waals surface area contributed by atoms with Gasteiger partial charge < -0.3 is 20.1 Å². The number of amides is 1. The van der Waals surface area contributed by atoms with Gasteiger partial charge in [0, 0.05) is 35.4 Å². The fourth-order valence-corrected chi connectivity index (χ4v) is 4.42. The van der Waals surface area contributed by atoms with Crippen LogP contribution in [0.1, 0.15) is 40.5 Å². The van der Waals surface area contributed by atoms with Gasteiger partial charge in [0.15, 0.2) is 0 Å². The average Bonchev–Trinajstić information content (AvgIpc) is 3.33. The molecule has 0 radical (unpaired) electrons. The van der Waals surface area contributed by atoms with Crippen LogP contribution >= 0.6 is 0 Å². The molecule has 1 amide bonds. The number of rotatable bonds is 6. The molecule has 8 nitrogen and oxygen atoms in total. The Hall–Kier alpha value is -4.17. The SMILES string of the molecule is CCOC(=O)c1ccc(-n2ncc3cc(NC(=O)c4ccc(N5CCC(O)CC5)cc4)ccc32)cc1. The van der Waals surface area contributed by atoms with Crippen molar-refractivity contribution in [3.63, 3.8) is 0 Å². The van der Waals surface area contributed by atoms with Gasteiger partial charge in [-0.05, 0) is 86.5 Å². The van der Waals surface area contributed by atoms with Crippen molar-refractivity contribution in [3.05, 3.63) is 84.1 Å². The molecule has 2 heterocycles. The van der Waals surface area contributed by atoms with E-state index in [1.807, 2.05) is 54.6 Å². The predicted molar refractivity (Wildman–Crippen MR) is 139 cm³/mol. The summed E-state index contributed by atoms with van der Waals surface area (Å²) in [7, 11) is 0. The molecule has 3 aromatic carbocycles. The number of nitrogens with one attached hydrogen (secondary N) is 1. The second-order valence-electron chi connectivity index (χ2n) is 8.82. The van der Waals surface area contributed by atoms with E-state index in [0.717, 1.165) is 48.2 Å². The van der Waals surface area contributed by atoms with Gasteiger partial charge in [-0.1, -0.05) is 0 Å². The Labute approximate surface area is 209 Å². The Morgan fingerprint density at radius 3 is 2.33 bits per heavy atom. The highest BCUT2D eigenvalue weighted by molar-refractivity contribution is 6.05. The van der Waals surface area contributed by atoms with Crippen LogP contribution in [-0.2, 0) is 4.74 Å². The van der Waals surface area contributed by atoms with Gasteiger partial charge >= 0.3 is 5.97 Å². The number of piperidine rings is 1. The van der Waals surface area contributed by atoms with Gasteiger partial charge in [-0.2, -0.15) is 5.10 Å². The molecule has 4 aromatic rings. The van der Waals surface area contributed by atoms with Crippen molar-refractivity contribution >= 4 is 34.2 Å². The maximum Gasteiger partial charge on any atom is 0.338 e. The molecule has 36 heavy (non-hydrogen) atoms. The fourth-order valence-electron chi connectivity index (χ4n) is 4.42. The van der Waals surface area contributed by atoms with Gasteiger partial charge in [-0.3, -0.25) is 4.79 Å². The monoisotopic (exact) mass is 484 g/mol. The molecule has 1 saturated heterocycles. The van der Waals surface area contributed by atoms with Gasteiger partial charge in [0.25, 0.3) is 5.91 Å². The van der Waals surface area contributed by atoms with Gasteiger partial charge in [-0.15, -0.1) is 0 Å². The summed E-state index contributed by atoms with van der Waals surface area (Å²) in [6.45, 7) is 3.74. The highest BCUT2D eigenvalue weighted by Gasteiger charge is 2.17. The highest BCUT2D eigenvalue weighted by Crippen LogP contribution is 2.24. The van der Waals surface area contributed by atoms with E-state index in [-0.39, 0.29) is 18.0 Å². The first kappa shape index (κ1) is 23.6. The molecule has 0 atom stereocenters. The van der Waals surface area contributed by atoms with Gasteiger partial charge in [0.2, 0.25) is 0 Å². The lowest BCUT2D eigenvalue weighted by atomic mass is 10.1. The van der Waals surface area contributed by atoms with Gasteiger partial charge in [0.05, 0.1) is 35.7 Å². The molecule has 8 heteroatoms. The van der Waals surface area contributed by atoms with E-state index in [1.54, 1.807) is 29.9 Å². The van der Waals surface area contributed by atoms with Gasteiger partial charge in [-0.25, -0.2) is 9.48 Å². The molecular formula is C28H28N4O4. The number of hydrogen-bond donors (Lipinski definition) is 2. The Kier molecular flexibility index (Phi) is 6.69. The number of anilines is 2. The van der Waals surface area contributed by atoms with E-state index in [2.05, 4.69) is 15.3 Å². The maximum atomic E-state index is 12.8. The molecular weight excluding hydrogens is 456 g/mol. The molecule has 5 rings (SSSR count). The molecule has 1 aliphatic rings. The molecule has 0 bridgehead atoms. The second-order valence-corrected chi connectivity index (χ2v) is 8.82. The third-order valence-electron chi connectivity index (χ3n) is 6.41. The summed E-state index contributed by atoms with van der Waals surface area (Å²) in [5.74, 6) is -0.535. The molecule has 0 spiro atoms. The topological polar surface area (TPSA) is 96.7 Å². The van der Waals surface area contributed by atoms with Crippen molar-refractivity contribution in [1.82, 2.24) is 9.78 Å².